The maximum absolute atomic E-state index is 12.5. The van der Waals surface area contributed by atoms with Gasteiger partial charge in [0.1, 0.15) is 0 Å². The molecule has 0 fully saturated rings. The Kier molecular flexibility index (Phi) is 8.82. The third kappa shape index (κ3) is 8.05. The van der Waals surface area contributed by atoms with Crippen LogP contribution in [0.25, 0.3) is 0 Å². The first-order valence-corrected chi connectivity index (χ1v) is 10.5. The van der Waals surface area contributed by atoms with Crippen molar-refractivity contribution in [3.05, 3.63) is 52.2 Å². The van der Waals surface area contributed by atoms with Crippen molar-refractivity contribution in [2.45, 2.75) is 20.4 Å². The van der Waals surface area contributed by atoms with Gasteiger partial charge in [0.2, 0.25) is 5.91 Å². The standard InChI is InChI=1S/C21H28N4O3S/c1-4-25(14-19(26)22-12-18-6-5-11-29-18)21(28)15-24(3)13-20(27)23-17-9-7-16(2)8-10-17/h5-11H,4,12-15H2,1-3H3,(H,22,26)(H,23,27)/p+1. The van der Waals surface area contributed by atoms with Gasteiger partial charge in [-0.3, -0.25) is 14.4 Å². The lowest BCUT2D eigenvalue weighted by Crippen LogP contribution is -3.11. The van der Waals surface area contributed by atoms with Gasteiger partial charge in [-0.2, -0.15) is 0 Å². The molecule has 0 aliphatic heterocycles. The molecule has 1 unspecified atom stereocenters. The van der Waals surface area contributed by atoms with Crippen LogP contribution in [0.5, 0.6) is 0 Å². The molecule has 1 atom stereocenters. The summed E-state index contributed by atoms with van der Waals surface area (Å²) < 4.78 is 0. The second-order valence-electron chi connectivity index (χ2n) is 6.99. The summed E-state index contributed by atoms with van der Waals surface area (Å²) in [5, 5.41) is 7.61. The van der Waals surface area contributed by atoms with Crippen LogP contribution in [0.3, 0.4) is 0 Å². The zero-order valence-corrected chi connectivity index (χ0v) is 18.0. The summed E-state index contributed by atoms with van der Waals surface area (Å²) in [6.45, 7) is 5.06. The second-order valence-corrected chi connectivity index (χ2v) is 8.02. The number of carbonyl (C=O) groups is 3. The van der Waals surface area contributed by atoms with Gasteiger partial charge in [0.15, 0.2) is 13.1 Å². The molecule has 1 aromatic carbocycles. The Morgan fingerprint density at radius 3 is 2.41 bits per heavy atom. The van der Waals surface area contributed by atoms with Crippen LogP contribution >= 0.6 is 11.3 Å². The normalized spacial score (nSPS) is 11.6. The van der Waals surface area contributed by atoms with E-state index in [2.05, 4.69) is 10.6 Å². The molecule has 0 aliphatic rings. The fraction of sp³-hybridized carbons (Fsp3) is 0.381. The molecule has 0 radical (unpaired) electrons. The van der Waals surface area contributed by atoms with E-state index in [9.17, 15) is 14.4 Å². The summed E-state index contributed by atoms with van der Waals surface area (Å²) >= 11 is 1.57. The largest absolute Gasteiger partial charge is 0.350 e. The highest BCUT2D eigenvalue weighted by Crippen LogP contribution is 2.08. The summed E-state index contributed by atoms with van der Waals surface area (Å²) in [5.41, 5.74) is 1.85. The smallest absolute Gasteiger partial charge is 0.279 e. The van der Waals surface area contributed by atoms with E-state index in [4.69, 9.17) is 0 Å². The van der Waals surface area contributed by atoms with Crippen LogP contribution in [0.2, 0.25) is 0 Å². The van der Waals surface area contributed by atoms with Crippen LogP contribution in [0, 0.1) is 6.92 Å². The van der Waals surface area contributed by atoms with E-state index in [1.807, 2.05) is 55.6 Å². The Labute approximate surface area is 175 Å². The molecule has 0 spiro atoms. The average Bonchev–Trinajstić information content (AvgIpc) is 3.19. The molecule has 0 bridgehead atoms. The number of aryl methyl sites for hydroxylation is 1. The highest BCUT2D eigenvalue weighted by molar-refractivity contribution is 7.09. The van der Waals surface area contributed by atoms with E-state index < -0.39 is 0 Å². The highest BCUT2D eigenvalue weighted by atomic mass is 32.1. The topological polar surface area (TPSA) is 83.0 Å². The summed E-state index contributed by atoms with van der Waals surface area (Å²) in [4.78, 5) is 40.2. The summed E-state index contributed by atoms with van der Waals surface area (Å²) in [7, 11) is 1.79. The Hall–Kier alpha value is -2.71. The number of carbonyl (C=O) groups excluding carboxylic acids is 3. The molecular formula is C21H29N4O3S+. The number of amides is 3. The lowest BCUT2D eigenvalue weighted by molar-refractivity contribution is -0.862. The van der Waals surface area contributed by atoms with Crippen LogP contribution in [0.1, 0.15) is 17.4 Å². The zero-order chi connectivity index (χ0) is 21.2. The summed E-state index contributed by atoms with van der Waals surface area (Å²) in [6.07, 6.45) is 0. The Bertz CT molecular complexity index is 806. The molecule has 29 heavy (non-hydrogen) atoms. The zero-order valence-electron chi connectivity index (χ0n) is 17.2. The van der Waals surface area contributed by atoms with Gasteiger partial charge in [-0.15, -0.1) is 11.3 Å². The molecule has 8 heteroatoms. The number of likely N-dealkylation sites (N-methyl/N-ethyl adjacent to an activating group) is 2. The SMILES string of the molecule is CCN(CC(=O)NCc1cccs1)C(=O)C[NH+](C)CC(=O)Nc1ccc(C)cc1. The number of nitrogens with zero attached hydrogens (tertiary/aromatic N) is 1. The molecule has 1 aromatic heterocycles. The molecule has 3 amide bonds. The van der Waals surface area contributed by atoms with E-state index in [0.29, 0.717) is 13.1 Å². The minimum atomic E-state index is -0.191. The van der Waals surface area contributed by atoms with Gasteiger partial charge in [-0.05, 0) is 37.4 Å². The van der Waals surface area contributed by atoms with E-state index >= 15 is 0 Å². The third-order valence-corrected chi connectivity index (χ3v) is 5.24. The maximum atomic E-state index is 12.5. The molecule has 1 heterocycles. The lowest BCUT2D eigenvalue weighted by Gasteiger charge is -2.22. The van der Waals surface area contributed by atoms with Crippen molar-refractivity contribution in [3.63, 3.8) is 0 Å². The average molecular weight is 418 g/mol. The molecule has 2 aromatic rings. The summed E-state index contributed by atoms with van der Waals surface area (Å²) in [6, 6.07) is 11.4. The Morgan fingerprint density at radius 2 is 1.79 bits per heavy atom. The number of benzene rings is 1. The van der Waals surface area contributed by atoms with Gasteiger partial charge in [0.25, 0.3) is 11.8 Å². The number of quaternary nitrogens is 1. The third-order valence-electron chi connectivity index (χ3n) is 4.36. The first-order chi connectivity index (χ1) is 13.9. The Balaban J connectivity index is 1.75. The quantitative estimate of drug-likeness (QED) is 0.532. The van der Waals surface area contributed by atoms with Gasteiger partial charge in [0, 0.05) is 17.1 Å². The number of rotatable bonds is 10. The van der Waals surface area contributed by atoms with Crippen molar-refractivity contribution in [2.24, 2.45) is 0 Å². The minimum Gasteiger partial charge on any atom is -0.350 e. The van der Waals surface area contributed by atoms with E-state index in [-0.39, 0.29) is 37.4 Å². The van der Waals surface area contributed by atoms with Crippen LogP contribution < -0.4 is 15.5 Å². The van der Waals surface area contributed by atoms with Crippen molar-refractivity contribution < 1.29 is 19.3 Å². The number of anilines is 1. The van der Waals surface area contributed by atoms with Crippen molar-refractivity contribution in [1.29, 1.82) is 0 Å². The Morgan fingerprint density at radius 1 is 1.07 bits per heavy atom. The minimum absolute atomic E-state index is 0.0174. The highest BCUT2D eigenvalue weighted by Gasteiger charge is 2.20. The van der Waals surface area contributed by atoms with Crippen LogP contribution in [0.4, 0.5) is 5.69 Å². The predicted molar refractivity (Wildman–Crippen MR) is 115 cm³/mol. The van der Waals surface area contributed by atoms with Crippen LogP contribution in [0.15, 0.2) is 41.8 Å². The van der Waals surface area contributed by atoms with E-state index in [1.165, 1.54) is 4.90 Å². The van der Waals surface area contributed by atoms with Crippen molar-refractivity contribution in [2.75, 3.05) is 38.5 Å². The molecule has 2 rings (SSSR count). The maximum Gasteiger partial charge on any atom is 0.279 e. The van der Waals surface area contributed by atoms with Crippen molar-refractivity contribution in [3.8, 4) is 0 Å². The number of hydrogen-bond acceptors (Lipinski definition) is 4. The predicted octanol–water partition coefficient (Wildman–Crippen LogP) is 0.675. The van der Waals surface area contributed by atoms with Gasteiger partial charge >= 0.3 is 0 Å². The number of hydrogen-bond donors (Lipinski definition) is 3. The molecular weight excluding hydrogens is 388 g/mol. The first kappa shape index (κ1) is 22.6. The molecule has 156 valence electrons. The van der Waals surface area contributed by atoms with Crippen LogP contribution in [-0.2, 0) is 20.9 Å². The second kappa shape index (κ2) is 11.3. The lowest BCUT2D eigenvalue weighted by atomic mass is 10.2. The van der Waals surface area contributed by atoms with Crippen LogP contribution in [-0.4, -0.2) is 55.8 Å². The van der Waals surface area contributed by atoms with Gasteiger partial charge in [-0.25, -0.2) is 0 Å². The number of nitrogens with one attached hydrogen (secondary N) is 3. The molecule has 0 aliphatic carbocycles. The summed E-state index contributed by atoms with van der Waals surface area (Å²) in [5.74, 6) is -0.501. The van der Waals surface area contributed by atoms with E-state index in [1.54, 1.807) is 18.4 Å². The first-order valence-electron chi connectivity index (χ1n) is 9.62. The fourth-order valence-corrected chi connectivity index (χ4v) is 3.40. The van der Waals surface area contributed by atoms with Gasteiger partial charge in [0.05, 0.1) is 20.1 Å². The van der Waals surface area contributed by atoms with Crippen molar-refractivity contribution in [1.82, 2.24) is 10.2 Å². The van der Waals surface area contributed by atoms with Gasteiger partial charge < -0.3 is 20.4 Å². The molecule has 0 saturated carbocycles. The molecule has 0 saturated heterocycles. The van der Waals surface area contributed by atoms with Crippen molar-refractivity contribution >= 4 is 34.7 Å². The fourth-order valence-electron chi connectivity index (χ4n) is 2.75. The molecule has 3 N–H and O–H groups in total. The monoisotopic (exact) mass is 417 g/mol. The van der Waals surface area contributed by atoms with E-state index in [0.717, 1.165) is 21.0 Å². The van der Waals surface area contributed by atoms with Gasteiger partial charge in [-0.1, -0.05) is 23.8 Å². The molecule has 7 nitrogen and oxygen atoms in total. The number of thiophene rings is 1.